The largest absolute Gasteiger partial charge is 0.431 e. The fourth-order valence-corrected chi connectivity index (χ4v) is 3.33. The van der Waals surface area contributed by atoms with Crippen LogP contribution in [0, 0.1) is 0 Å². The second kappa shape index (κ2) is 9.30. The molecule has 1 N–H and O–H groups in total. The van der Waals surface area contributed by atoms with E-state index in [1.165, 1.54) is 0 Å². The molecule has 0 spiro atoms. The molecule has 0 saturated carbocycles. The van der Waals surface area contributed by atoms with Gasteiger partial charge in [-0.1, -0.05) is 30.3 Å². The molecule has 0 bridgehead atoms. The Hall–Kier alpha value is -1.96. The van der Waals surface area contributed by atoms with E-state index in [1.807, 2.05) is 30.3 Å². The maximum atomic E-state index is 13.0. The molecule has 1 aromatic carbocycles. The number of likely N-dealkylation sites (N-methyl/N-ethyl adjacent to an activating group) is 1. The molecule has 0 saturated heterocycles. The van der Waals surface area contributed by atoms with Gasteiger partial charge in [-0.25, -0.2) is 0 Å². The van der Waals surface area contributed by atoms with Crippen LogP contribution in [-0.4, -0.2) is 48.2 Å². The molecule has 0 atom stereocenters. The molecule has 3 rings (SSSR count). The van der Waals surface area contributed by atoms with Crippen molar-refractivity contribution >= 4 is 27.0 Å². The van der Waals surface area contributed by atoms with E-state index in [0.29, 0.717) is 28.7 Å². The molecule has 7 heteroatoms. The van der Waals surface area contributed by atoms with Gasteiger partial charge in [0.15, 0.2) is 4.67 Å². The van der Waals surface area contributed by atoms with E-state index in [0.717, 1.165) is 37.4 Å². The Morgan fingerprint density at radius 3 is 2.74 bits per heavy atom. The number of furan rings is 1. The summed E-state index contributed by atoms with van der Waals surface area (Å²) in [6.07, 6.45) is 1.62. The summed E-state index contributed by atoms with van der Waals surface area (Å²) >= 11 is 3.30. The number of nitrogens with one attached hydrogen (secondary N) is 1. The van der Waals surface area contributed by atoms with Crippen molar-refractivity contribution in [2.75, 3.05) is 33.7 Å². The van der Waals surface area contributed by atoms with Crippen LogP contribution < -0.4 is 10.9 Å². The highest BCUT2D eigenvalue weighted by molar-refractivity contribution is 9.10. The minimum atomic E-state index is -0.0612. The number of fused-ring (bicyclic) bond motifs is 1. The topological polar surface area (TPSA) is 63.3 Å². The lowest BCUT2D eigenvalue weighted by atomic mass is 10.2. The third-order valence-corrected chi connectivity index (χ3v) is 4.76. The first-order chi connectivity index (χ1) is 13.0. The van der Waals surface area contributed by atoms with Crippen molar-refractivity contribution in [3.63, 3.8) is 0 Å². The van der Waals surface area contributed by atoms with Crippen molar-refractivity contribution in [1.29, 1.82) is 0 Å². The summed E-state index contributed by atoms with van der Waals surface area (Å²) in [4.78, 5) is 19.8. The van der Waals surface area contributed by atoms with Crippen LogP contribution in [0.4, 0.5) is 0 Å². The Morgan fingerprint density at radius 1 is 1.22 bits per heavy atom. The number of benzene rings is 1. The Labute approximate surface area is 167 Å². The van der Waals surface area contributed by atoms with Crippen LogP contribution in [0.1, 0.15) is 17.8 Å². The van der Waals surface area contributed by atoms with Gasteiger partial charge in [0.25, 0.3) is 5.56 Å². The Kier molecular flexibility index (Phi) is 6.82. The second-order valence-electron chi connectivity index (χ2n) is 6.83. The monoisotopic (exact) mass is 432 g/mol. The number of rotatable bonds is 9. The molecule has 3 aromatic rings. The molecular formula is C20H25BrN4O2. The fourth-order valence-electron chi connectivity index (χ4n) is 2.95. The molecule has 0 aliphatic rings. The third kappa shape index (κ3) is 5.28. The minimum Gasteiger partial charge on any atom is -0.431 e. The highest BCUT2D eigenvalue weighted by Gasteiger charge is 2.15. The predicted molar refractivity (Wildman–Crippen MR) is 111 cm³/mol. The quantitative estimate of drug-likeness (QED) is 0.526. The van der Waals surface area contributed by atoms with Gasteiger partial charge in [-0.3, -0.25) is 9.36 Å². The van der Waals surface area contributed by atoms with Gasteiger partial charge in [-0.2, -0.15) is 4.98 Å². The molecule has 2 aromatic heterocycles. The first kappa shape index (κ1) is 19.8. The molecule has 0 aliphatic carbocycles. The number of aromatic nitrogens is 2. The SMILES string of the molecule is CN(C)CCNCCCc1nc2oc(Br)cc2c(=O)n1Cc1ccccc1. The standard InChI is InChI=1S/C20H25BrN4O2/c1-24(2)12-11-22-10-6-9-18-23-19-16(13-17(21)27-19)20(26)25(18)14-15-7-4-3-5-8-15/h3-5,7-8,13,22H,6,9-12,14H2,1-2H3. The van der Waals surface area contributed by atoms with Gasteiger partial charge in [0, 0.05) is 25.6 Å². The van der Waals surface area contributed by atoms with Crippen LogP contribution in [0.25, 0.3) is 11.1 Å². The van der Waals surface area contributed by atoms with Crippen molar-refractivity contribution in [2.24, 2.45) is 0 Å². The molecule has 0 unspecified atom stereocenters. The third-order valence-electron chi connectivity index (χ3n) is 4.37. The molecule has 2 heterocycles. The van der Waals surface area contributed by atoms with E-state index in [4.69, 9.17) is 4.42 Å². The zero-order chi connectivity index (χ0) is 19.2. The number of nitrogens with zero attached hydrogens (tertiary/aromatic N) is 3. The molecule has 27 heavy (non-hydrogen) atoms. The smallest absolute Gasteiger partial charge is 0.265 e. The minimum absolute atomic E-state index is 0.0612. The van der Waals surface area contributed by atoms with Gasteiger partial charge >= 0.3 is 0 Å². The van der Waals surface area contributed by atoms with E-state index < -0.39 is 0 Å². The first-order valence-corrected chi connectivity index (χ1v) is 9.92. The Morgan fingerprint density at radius 2 is 2.00 bits per heavy atom. The highest BCUT2D eigenvalue weighted by Crippen LogP contribution is 2.20. The molecule has 6 nitrogen and oxygen atoms in total. The molecule has 0 amide bonds. The summed E-state index contributed by atoms with van der Waals surface area (Å²) in [7, 11) is 4.12. The van der Waals surface area contributed by atoms with Gasteiger partial charge in [-0.15, -0.1) is 0 Å². The summed E-state index contributed by atoms with van der Waals surface area (Å²) in [6.45, 7) is 3.34. The van der Waals surface area contributed by atoms with Crippen molar-refractivity contribution < 1.29 is 4.42 Å². The lowest BCUT2D eigenvalue weighted by molar-refractivity contribution is 0.399. The summed E-state index contributed by atoms with van der Waals surface area (Å²) in [5.41, 5.74) is 1.41. The maximum Gasteiger partial charge on any atom is 0.265 e. The number of hydrogen-bond acceptors (Lipinski definition) is 5. The molecule has 0 radical (unpaired) electrons. The summed E-state index contributed by atoms with van der Waals surface area (Å²) in [5, 5.41) is 3.93. The van der Waals surface area contributed by atoms with Crippen molar-refractivity contribution in [3.8, 4) is 0 Å². The van der Waals surface area contributed by atoms with E-state index in [-0.39, 0.29) is 5.56 Å². The van der Waals surface area contributed by atoms with Crippen LogP contribution in [0.3, 0.4) is 0 Å². The molecule has 0 aliphatic heterocycles. The van der Waals surface area contributed by atoms with Crippen molar-refractivity contribution in [3.05, 3.63) is 62.8 Å². The average Bonchev–Trinajstić information content (AvgIpc) is 3.02. The number of aryl methyl sites for hydroxylation is 1. The van der Waals surface area contributed by atoms with Gasteiger partial charge in [0.05, 0.1) is 6.54 Å². The van der Waals surface area contributed by atoms with Crippen LogP contribution >= 0.6 is 15.9 Å². The predicted octanol–water partition coefficient (Wildman–Crippen LogP) is 2.88. The first-order valence-electron chi connectivity index (χ1n) is 9.12. The summed E-state index contributed by atoms with van der Waals surface area (Å²) in [5.74, 6) is 0.757. The van der Waals surface area contributed by atoms with Crippen LogP contribution in [0.15, 0.2) is 50.3 Å². The van der Waals surface area contributed by atoms with E-state index in [1.54, 1.807) is 10.6 Å². The Bertz CT molecular complexity index is 934. The number of halogens is 1. The lowest BCUT2D eigenvalue weighted by Crippen LogP contribution is -2.28. The summed E-state index contributed by atoms with van der Waals surface area (Å²) in [6, 6.07) is 11.7. The Balaban J connectivity index is 1.79. The van der Waals surface area contributed by atoms with Gasteiger partial charge < -0.3 is 14.6 Å². The summed E-state index contributed by atoms with van der Waals surface area (Å²) < 4.78 is 7.82. The van der Waals surface area contributed by atoms with E-state index >= 15 is 0 Å². The average molecular weight is 433 g/mol. The number of hydrogen-bond donors (Lipinski definition) is 1. The molecule has 144 valence electrons. The zero-order valence-electron chi connectivity index (χ0n) is 15.7. The van der Waals surface area contributed by atoms with Crippen molar-refractivity contribution in [2.45, 2.75) is 19.4 Å². The molecular weight excluding hydrogens is 408 g/mol. The fraction of sp³-hybridized carbons (Fsp3) is 0.400. The highest BCUT2D eigenvalue weighted by atomic mass is 79.9. The van der Waals surface area contributed by atoms with Crippen molar-refractivity contribution in [1.82, 2.24) is 19.8 Å². The lowest BCUT2D eigenvalue weighted by Gasteiger charge is -2.13. The van der Waals surface area contributed by atoms with Gasteiger partial charge in [0.1, 0.15) is 11.2 Å². The van der Waals surface area contributed by atoms with Gasteiger partial charge in [-0.05, 0) is 48.6 Å². The maximum absolute atomic E-state index is 13.0. The van der Waals surface area contributed by atoms with Crippen LogP contribution in [0.2, 0.25) is 0 Å². The zero-order valence-corrected chi connectivity index (χ0v) is 17.3. The second-order valence-corrected chi connectivity index (χ2v) is 7.61. The van der Waals surface area contributed by atoms with E-state index in [9.17, 15) is 4.79 Å². The normalized spacial score (nSPS) is 11.6. The van der Waals surface area contributed by atoms with E-state index in [2.05, 4.69) is 45.2 Å². The molecule has 0 fully saturated rings. The van der Waals surface area contributed by atoms with Gasteiger partial charge in [0.2, 0.25) is 5.71 Å². The van der Waals surface area contributed by atoms with Crippen LogP contribution in [0.5, 0.6) is 0 Å². The van der Waals surface area contributed by atoms with Crippen LogP contribution in [-0.2, 0) is 13.0 Å².